The average molecular weight is 474 g/mol. The van der Waals surface area contributed by atoms with Gasteiger partial charge in [-0.3, -0.25) is 9.59 Å². The largest absolute Gasteiger partial charge is 0.486 e. The summed E-state index contributed by atoms with van der Waals surface area (Å²) < 4.78 is 56.9. The highest BCUT2D eigenvalue weighted by Gasteiger charge is 2.41. The summed E-state index contributed by atoms with van der Waals surface area (Å²) in [4.78, 5) is 24.5. The Morgan fingerprint density at radius 2 is 1.94 bits per heavy atom. The van der Waals surface area contributed by atoms with E-state index in [-0.39, 0.29) is 18.3 Å². The minimum absolute atomic E-state index is 0.102. The summed E-state index contributed by atoms with van der Waals surface area (Å²) in [6.07, 6.45) is -1.77. The highest BCUT2D eigenvalue weighted by molar-refractivity contribution is 6.07. The molecule has 7 nitrogen and oxygen atoms in total. The van der Waals surface area contributed by atoms with Crippen molar-refractivity contribution in [3.8, 4) is 11.5 Å². The molecule has 3 aliphatic rings. The summed E-state index contributed by atoms with van der Waals surface area (Å²) >= 11 is 0. The number of halogens is 3. The van der Waals surface area contributed by atoms with Gasteiger partial charge in [-0.25, -0.2) is 0 Å². The first kappa shape index (κ1) is 22.3. The standard InChI is InChI=1S/C24H21F3N2O5/c25-24(26,27)15-4-5-16-14(12-23(34-19(16)11-15)6-8-32-9-7-23)10-20(30)28-17-2-1-3-18-22(17)33-13-21(31)29-18/h1-5,10-11H,6-9,12-13H2,(H,28,30)(H,29,31). The molecule has 34 heavy (non-hydrogen) atoms. The zero-order valence-corrected chi connectivity index (χ0v) is 18.0. The Kier molecular flexibility index (Phi) is 5.47. The fraction of sp³-hybridized carbons (Fsp3) is 0.333. The lowest BCUT2D eigenvalue weighted by molar-refractivity contribution is -0.138. The molecule has 3 heterocycles. The number of carbonyl (C=O) groups excluding carboxylic acids is 2. The number of amides is 2. The summed E-state index contributed by atoms with van der Waals surface area (Å²) in [5.74, 6) is -0.321. The normalized spacial score (nSPS) is 20.0. The van der Waals surface area contributed by atoms with Gasteiger partial charge in [0.1, 0.15) is 11.4 Å². The first-order valence-electron chi connectivity index (χ1n) is 10.8. The third kappa shape index (κ3) is 4.33. The van der Waals surface area contributed by atoms with E-state index in [1.165, 1.54) is 12.1 Å². The van der Waals surface area contributed by atoms with Gasteiger partial charge in [0.2, 0.25) is 5.91 Å². The Balaban J connectivity index is 1.47. The molecule has 178 valence electrons. The van der Waals surface area contributed by atoms with Crippen molar-refractivity contribution in [3.63, 3.8) is 0 Å². The predicted octanol–water partition coefficient (Wildman–Crippen LogP) is 4.39. The molecular formula is C24H21F3N2O5. The van der Waals surface area contributed by atoms with Crippen LogP contribution in [-0.2, 0) is 20.5 Å². The number of para-hydroxylation sites is 1. The number of rotatable bonds is 2. The predicted molar refractivity (Wildman–Crippen MR) is 117 cm³/mol. The molecule has 0 unspecified atom stereocenters. The second-order valence-corrected chi connectivity index (χ2v) is 8.46. The van der Waals surface area contributed by atoms with Crippen molar-refractivity contribution in [2.24, 2.45) is 0 Å². The third-order valence-corrected chi connectivity index (χ3v) is 6.10. The maximum absolute atomic E-state index is 13.3. The van der Waals surface area contributed by atoms with Crippen molar-refractivity contribution in [2.45, 2.75) is 31.0 Å². The van der Waals surface area contributed by atoms with Crippen molar-refractivity contribution in [3.05, 3.63) is 53.6 Å². The molecule has 3 aliphatic heterocycles. The number of hydrogen-bond donors (Lipinski definition) is 2. The summed E-state index contributed by atoms with van der Waals surface area (Å²) in [5, 5.41) is 5.43. The van der Waals surface area contributed by atoms with E-state index in [9.17, 15) is 22.8 Å². The molecule has 0 aliphatic carbocycles. The average Bonchev–Trinajstić information content (AvgIpc) is 2.78. The van der Waals surface area contributed by atoms with E-state index < -0.39 is 23.2 Å². The molecule has 1 fully saturated rings. The van der Waals surface area contributed by atoms with Crippen LogP contribution in [0.2, 0.25) is 0 Å². The van der Waals surface area contributed by atoms with E-state index >= 15 is 0 Å². The van der Waals surface area contributed by atoms with Gasteiger partial charge < -0.3 is 24.8 Å². The smallest absolute Gasteiger partial charge is 0.416 e. The molecule has 0 atom stereocenters. The number of alkyl halides is 3. The van der Waals surface area contributed by atoms with Gasteiger partial charge in [-0.1, -0.05) is 12.1 Å². The van der Waals surface area contributed by atoms with Crippen LogP contribution in [0.3, 0.4) is 0 Å². The van der Waals surface area contributed by atoms with Gasteiger partial charge in [0.05, 0.1) is 30.2 Å². The first-order valence-corrected chi connectivity index (χ1v) is 10.8. The van der Waals surface area contributed by atoms with Gasteiger partial charge >= 0.3 is 6.18 Å². The molecular weight excluding hydrogens is 453 g/mol. The summed E-state index contributed by atoms with van der Waals surface area (Å²) in [7, 11) is 0. The second-order valence-electron chi connectivity index (χ2n) is 8.46. The monoisotopic (exact) mass is 474 g/mol. The molecule has 5 rings (SSSR count). The van der Waals surface area contributed by atoms with E-state index in [1.54, 1.807) is 18.2 Å². The fourth-order valence-corrected chi connectivity index (χ4v) is 4.45. The molecule has 2 aromatic rings. The van der Waals surface area contributed by atoms with E-state index in [4.69, 9.17) is 14.2 Å². The van der Waals surface area contributed by atoms with Crippen LogP contribution in [-0.4, -0.2) is 37.2 Å². The Morgan fingerprint density at radius 1 is 1.15 bits per heavy atom. The Bertz CT molecular complexity index is 1190. The molecule has 0 bridgehead atoms. The molecule has 0 radical (unpaired) electrons. The van der Waals surface area contributed by atoms with Gasteiger partial charge in [0.25, 0.3) is 5.91 Å². The second kappa shape index (κ2) is 8.35. The van der Waals surface area contributed by atoms with Crippen molar-refractivity contribution >= 4 is 28.8 Å². The van der Waals surface area contributed by atoms with E-state index in [1.807, 2.05) is 0 Å². The number of carbonyl (C=O) groups is 2. The van der Waals surface area contributed by atoms with Crippen molar-refractivity contribution in [1.82, 2.24) is 0 Å². The minimum atomic E-state index is -4.51. The molecule has 1 spiro atoms. The number of anilines is 2. The molecule has 2 aromatic carbocycles. The lowest BCUT2D eigenvalue weighted by atomic mass is 9.81. The number of nitrogens with one attached hydrogen (secondary N) is 2. The molecule has 0 aromatic heterocycles. The van der Waals surface area contributed by atoms with Crippen molar-refractivity contribution in [1.29, 1.82) is 0 Å². The number of benzene rings is 2. The van der Waals surface area contributed by atoms with Crippen molar-refractivity contribution in [2.75, 3.05) is 30.5 Å². The number of hydrogen-bond acceptors (Lipinski definition) is 5. The summed E-state index contributed by atoms with van der Waals surface area (Å²) in [5.41, 5.74) is 0.293. The van der Waals surface area contributed by atoms with Crippen LogP contribution in [0, 0.1) is 0 Å². The van der Waals surface area contributed by atoms with E-state index in [0.717, 1.165) is 12.1 Å². The van der Waals surface area contributed by atoms with Crippen LogP contribution >= 0.6 is 0 Å². The van der Waals surface area contributed by atoms with Gasteiger partial charge in [-0.15, -0.1) is 0 Å². The van der Waals surface area contributed by atoms with Crippen LogP contribution < -0.4 is 20.1 Å². The zero-order chi connectivity index (χ0) is 23.9. The Hall–Kier alpha value is -3.53. The SMILES string of the molecule is O=C(C=C1CC2(CCOCC2)Oc2cc(C(F)(F)F)ccc21)Nc1cccc2c1OCC(=O)N2. The van der Waals surface area contributed by atoms with E-state index in [0.29, 0.717) is 60.7 Å². The maximum atomic E-state index is 13.3. The Labute approximate surface area is 192 Å². The van der Waals surface area contributed by atoms with Gasteiger partial charge in [-0.05, 0) is 29.8 Å². The van der Waals surface area contributed by atoms with Crippen molar-refractivity contribution < 1.29 is 37.0 Å². The molecule has 10 heteroatoms. The summed E-state index contributed by atoms with van der Waals surface area (Å²) in [6, 6.07) is 8.27. The van der Waals surface area contributed by atoms with Crippen LogP contribution in [0.4, 0.5) is 24.5 Å². The van der Waals surface area contributed by atoms with Gasteiger partial charge in [0.15, 0.2) is 12.4 Å². The first-order chi connectivity index (χ1) is 16.2. The highest BCUT2D eigenvalue weighted by atomic mass is 19.4. The molecule has 0 saturated carbocycles. The van der Waals surface area contributed by atoms with Crippen LogP contribution in [0.1, 0.15) is 30.4 Å². The highest BCUT2D eigenvalue weighted by Crippen LogP contribution is 2.46. The topological polar surface area (TPSA) is 85.9 Å². The lowest BCUT2D eigenvalue weighted by Gasteiger charge is -2.42. The fourth-order valence-electron chi connectivity index (χ4n) is 4.45. The van der Waals surface area contributed by atoms with Crippen LogP contribution in [0.25, 0.3) is 5.57 Å². The van der Waals surface area contributed by atoms with Gasteiger partial charge in [0, 0.05) is 30.9 Å². The molecule has 1 saturated heterocycles. The third-order valence-electron chi connectivity index (χ3n) is 6.10. The lowest BCUT2D eigenvalue weighted by Crippen LogP contribution is -2.44. The Morgan fingerprint density at radius 3 is 2.71 bits per heavy atom. The van der Waals surface area contributed by atoms with Gasteiger partial charge in [-0.2, -0.15) is 13.2 Å². The maximum Gasteiger partial charge on any atom is 0.416 e. The molecule has 2 N–H and O–H groups in total. The van der Waals surface area contributed by atoms with Crippen LogP contribution in [0.15, 0.2) is 42.5 Å². The minimum Gasteiger partial charge on any atom is -0.486 e. The summed E-state index contributed by atoms with van der Waals surface area (Å²) in [6.45, 7) is 0.678. The number of ether oxygens (including phenoxy) is 3. The van der Waals surface area contributed by atoms with E-state index in [2.05, 4.69) is 10.6 Å². The zero-order valence-electron chi connectivity index (χ0n) is 18.0. The number of fused-ring (bicyclic) bond motifs is 2. The van der Waals surface area contributed by atoms with Crippen LogP contribution in [0.5, 0.6) is 11.5 Å². The quantitative estimate of drug-likeness (QED) is 0.631. The molecule has 2 amide bonds.